The highest BCUT2D eigenvalue weighted by atomic mass is 16.4. The predicted octanol–water partition coefficient (Wildman–Crippen LogP) is 4.85. The van der Waals surface area contributed by atoms with E-state index in [1.54, 1.807) is 0 Å². The molecule has 0 saturated carbocycles. The third-order valence-corrected chi connectivity index (χ3v) is 3.96. The molecule has 0 heterocycles. The molecule has 0 bridgehead atoms. The van der Waals surface area contributed by atoms with Crippen LogP contribution in [0.15, 0.2) is 11.5 Å². The van der Waals surface area contributed by atoms with Crippen molar-refractivity contribution < 1.29 is 25.2 Å². The molecule has 0 fully saturated rings. The van der Waals surface area contributed by atoms with Gasteiger partial charge in [-0.3, -0.25) is 4.79 Å². The van der Waals surface area contributed by atoms with E-state index in [1.807, 2.05) is 0 Å². The van der Waals surface area contributed by atoms with E-state index >= 15 is 0 Å². The zero-order valence-electron chi connectivity index (χ0n) is 14.5. The number of carbonyl (C=O) groups is 1. The van der Waals surface area contributed by atoms with E-state index in [4.69, 9.17) is 5.11 Å². The molecule has 5 heteroatoms. The Morgan fingerprint density at radius 1 is 0.783 bits per heavy atom. The smallest absolute Gasteiger partial charge is 0.303 e. The standard InChI is InChI=1S/C18H34O5/c1-2-3-4-8-11-15(19)14-17(21)16(20)12-9-6-5-7-10-13-18(22)23/h15,19-21H,2-14H2,1H3,(H,22,23)/b17-16-/t15-/m1/s1. The molecular weight excluding hydrogens is 296 g/mol. The van der Waals surface area contributed by atoms with E-state index in [1.165, 1.54) is 0 Å². The lowest BCUT2D eigenvalue weighted by atomic mass is 10.0. The highest BCUT2D eigenvalue weighted by molar-refractivity contribution is 5.66. The van der Waals surface area contributed by atoms with Crippen LogP contribution in [0.2, 0.25) is 0 Å². The highest BCUT2D eigenvalue weighted by Crippen LogP contribution is 2.17. The molecule has 0 unspecified atom stereocenters. The lowest BCUT2D eigenvalue weighted by Gasteiger charge is -2.11. The molecule has 0 aromatic rings. The maximum Gasteiger partial charge on any atom is 0.303 e. The molecule has 0 aromatic heterocycles. The fourth-order valence-electron chi connectivity index (χ4n) is 2.49. The molecule has 5 nitrogen and oxygen atoms in total. The van der Waals surface area contributed by atoms with Gasteiger partial charge >= 0.3 is 5.97 Å². The first kappa shape index (κ1) is 21.8. The average molecular weight is 330 g/mol. The summed E-state index contributed by atoms with van der Waals surface area (Å²) in [7, 11) is 0. The van der Waals surface area contributed by atoms with Gasteiger partial charge in [-0.15, -0.1) is 0 Å². The number of aliphatic carboxylic acids is 1. The fraction of sp³-hybridized carbons (Fsp3) is 0.833. The van der Waals surface area contributed by atoms with Gasteiger partial charge < -0.3 is 20.4 Å². The first-order chi connectivity index (χ1) is 11.0. The van der Waals surface area contributed by atoms with E-state index in [9.17, 15) is 20.1 Å². The number of aliphatic hydroxyl groups excluding tert-OH is 3. The van der Waals surface area contributed by atoms with E-state index in [0.29, 0.717) is 19.3 Å². The summed E-state index contributed by atoms with van der Waals surface area (Å²) >= 11 is 0. The quantitative estimate of drug-likeness (QED) is 0.254. The summed E-state index contributed by atoms with van der Waals surface area (Å²) < 4.78 is 0. The van der Waals surface area contributed by atoms with Gasteiger partial charge in [-0.05, 0) is 19.3 Å². The molecule has 1 atom stereocenters. The van der Waals surface area contributed by atoms with Crippen LogP contribution in [0.5, 0.6) is 0 Å². The van der Waals surface area contributed by atoms with Crippen LogP contribution in [0.4, 0.5) is 0 Å². The Labute approximate surface area is 140 Å². The maximum absolute atomic E-state index is 10.4. The molecular formula is C18H34O5. The second-order valence-corrected chi connectivity index (χ2v) is 6.26. The lowest BCUT2D eigenvalue weighted by molar-refractivity contribution is -0.137. The third-order valence-electron chi connectivity index (χ3n) is 3.96. The first-order valence-corrected chi connectivity index (χ1v) is 8.97. The Bertz CT molecular complexity index is 338. The van der Waals surface area contributed by atoms with Crippen molar-refractivity contribution in [3.63, 3.8) is 0 Å². The van der Waals surface area contributed by atoms with Crippen molar-refractivity contribution in [3.05, 3.63) is 11.5 Å². The number of rotatable bonds is 15. The largest absolute Gasteiger partial charge is 0.509 e. The Morgan fingerprint density at radius 3 is 1.96 bits per heavy atom. The van der Waals surface area contributed by atoms with Crippen molar-refractivity contribution in [1.82, 2.24) is 0 Å². The van der Waals surface area contributed by atoms with Crippen LogP contribution in [0.1, 0.15) is 90.4 Å². The average Bonchev–Trinajstić information content (AvgIpc) is 2.50. The number of carboxylic acid groups (broad SMARTS) is 1. The van der Waals surface area contributed by atoms with Crippen LogP contribution in [0.3, 0.4) is 0 Å². The number of allylic oxidation sites excluding steroid dienone is 1. The second-order valence-electron chi connectivity index (χ2n) is 6.26. The van der Waals surface area contributed by atoms with Crippen LogP contribution in [0.25, 0.3) is 0 Å². The summed E-state index contributed by atoms with van der Waals surface area (Å²) in [6.07, 6.45) is 9.30. The first-order valence-electron chi connectivity index (χ1n) is 8.97. The van der Waals surface area contributed by atoms with Crippen molar-refractivity contribution in [3.8, 4) is 0 Å². The highest BCUT2D eigenvalue weighted by Gasteiger charge is 2.11. The number of hydrogen-bond acceptors (Lipinski definition) is 4. The van der Waals surface area contributed by atoms with Gasteiger partial charge in [0.1, 0.15) is 11.5 Å². The van der Waals surface area contributed by atoms with Crippen LogP contribution in [-0.2, 0) is 4.79 Å². The second kappa shape index (κ2) is 14.4. The molecule has 0 aliphatic rings. The van der Waals surface area contributed by atoms with Crippen LogP contribution < -0.4 is 0 Å². The minimum Gasteiger partial charge on any atom is -0.509 e. The molecule has 23 heavy (non-hydrogen) atoms. The minimum absolute atomic E-state index is 0.0249. The molecule has 0 spiro atoms. The van der Waals surface area contributed by atoms with Crippen molar-refractivity contribution in [1.29, 1.82) is 0 Å². The molecule has 0 saturated heterocycles. The molecule has 0 rings (SSSR count). The molecule has 0 amide bonds. The summed E-state index contributed by atoms with van der Waals surface area (Å²) in [6, 6.07) is 0. The number of unbranched alkanes of at least 4 members (excludes halogenated alkanes) is 7. The van der Waals surface area contributed by atoms with Crippen LogP contribution >= 0.6 is 0 Å². The van der Waals surface area contributed by atoms with Crippen molar-refractivity contribution in [2.45, 2.75) is 96.5 Å². The van der Waals surface area contributed by atoms with E-state index < -0.39 is 12.1 Å². The monoisotopic (exact) mass is 330 g/mol. The molecule has 4 N–H and O–H groups in total. The number of hydrogen-bond donors (Lipinski definition) is 4. The van der Waals surface area contributed by atoms with Crippen molar-refractivity contribution in [2.75, 3.05) is 0 Å². The Morgan fingerprint density at radius 2 is 1.35 bits per heavy atom. The summed E-state index contributed by atoms with van der Waals surface area (Å²) in [5.74, 6) is -0.884. The molecule has 0 radical (unpaired) electrons. The molecule has 0 aromatic carbocycles. The summed E-state index contributed by atoms with van der Waals surface area (Å²) in [4.78, 5) is 10.4. The van der Waals surface area contributed by atoms with Gasteiger partial charge in [0.15, 0.2) is 0 Å². The zero-order valence-corrected chi connectivity index (χ0v) is 14.5. The van der Waals surface area contributed by atoms with Gasteiger partial charge in [0.25, 0.3) is 0 Å². The SMILES string of the molecule is CCCCCC[C@@H](O)C/C(O)=C(/O)CCCCCCCC(=O)O. The summed E-state index contributed by atoms with van der Waals surface area (Å²) in [6.45, 7) is 2.13. The van der Waals surface area contributed by atoms with Gasteiger partial charge in [0.2, 0.25) is 0 Å². The van der Waals surface area contributed by atoms with Crippen molar-refractivity contribution >= 4 is 5.97 Å². The zero-order chi connectivity index (χ0) is 17.5. The topological polar surface area (TPSA) is 98.0 Å². The van der Waals surface area contributed by atoms with Crippen molar-refractivity contribution in [2.24, 2.45) is 0 Å². The van der Waals surface area contributed by atoms with E-state index in [-0.39, 0.29) is 24.4 Å². The molecule has 0 aliphatic heterocycles. The van der Waals surface area contributed by atoms with Gasteiger partial charge in [0.05, 0.1) is 6.10 Å². The van der Waals surface area contributed by atoms with Gasteiger partial charge in [-0.2, -0.15) is 0 Å². The summed E-state index contributed by atoms with van der Waals surface area (Å²) in [5.41, 5.74) is 0. The normalized spacial score (nSPS) is 13.7. The van der Waals surface area contributed by atoms with Gasteiger partial charge in [-0.25, -0.2) is 0 Å². The number of carboxylic acids is 1. The Kier molecular flexibility index (Phi) is 13.6. The van der Waals surface area contributed by atoms with E-state index in [2.05, 4.69) is 6.92 Å². The molecule has 0 aliphatic carbocycles. The molecule has 136 valence electrons. The lowest BCUT2D eigenvalue weighted by Crippen LogP contribution is -2.09. The maximum atomic E-state index is 10.4. The van der Waals surface area contributed by atoms with Gasteiger partial charge in [-0.1, -0.05) is 51.9 Å². The van der Waals surface area contributed by atoms with Gasteiger partial charge in [0, 0.05) is 19.3 Å². The summed E-state index contributed by atoms with van der Waals surface area (Å²) in [5, 5.41) is 37.9. The minimum atomic E-state index is -0.760. The Balaban J connectivity index is 3.73. The number of aliphatic hydroxyl groups is 3. The van der Waals surface area contributed by atoms with E-state index in [0.717, 1.165) is 51.4 Å². The fourth-order valence-corrected chi connectivity index (χ4v) is 2.49. The van der Waals surface area contributed by atoms with Crippen LogP contribution in [-0.4, -0.2) is 32.5 Å². The Hall–Kier alpha value is -1.23. The third kappa shape index (κ3) is 14.1. The van der Waals surface area contributed by atoms with Crippen LogP contribution in [0, 0.1) is 0 Å². The predicted molar refractivity (Wildman–Crippen MR) is 91.6 cm³/mol.